The van der Waals surface area contributed by atoms with Crippen molar-refractivity contribution in [2.75, 3.05) is 20.3 Å². The first-order chi connectivity index (χ1) is 13.9. The summed E-state index contributed by atoms with van der Waals surface area (Å²) in [5.74, 6) is -0.243. The van der Waals surface area contributed by atoms with Gasteiger partial charge in [-0.1, -0.05) is 28.8 Å². The molecule has 1 fully saturated rings. The number of ether oxygens (including phenoxy) is 2. The van der Waals surface area contributed by atoms with Gasteiger partial charge in [0, 0.05) is 12.6 Å². The first kappa shape index (κ1) is 21.4. The molecule has 154 valence electrons. The van der Waals surface area contributed by atoms with Gasteiger partial charge < -0.3 is 25.0 Å². The van der Waals surface area contributed by atoms with Crippen LogP contribution in [-0.2, 0) is 22.1 Å². The Labute approximate surface area is 170 Å². The molecule has 1 aliphatic heterocycles. The maximum Gasteiger partial charge on any atom is 0.362 e. The van der Waals surface area contributed by atoms with E-state index in [1.54, 1.807) is 37.4 Å². The molecular formula is C21H25NO6P+. The molecule has 2 unspecified atom stereocenters. The molecule has 0 aromatic heterocycles. The molecule has 4 atom stereocenters. The highest BCUT2D eigenvalue weighted by atomic mass is 31.1. The van der Waals surface area contributed by atoms with Gasteiger partial charge in [0.05, 0.1) is 25.7 Å². The number of benzene rings is 2. The summed E-state index contributed by atoms with van der Waals surface area (Å²) in [5.41, 5.74) is 1.98. The molecule has 1 aliphatic rings. The Hall–Kier alpha value is -2.31. The number of methoxy groups -OCH3 is 1. The average molecular weight is 418 g/mol. The molecule has 0 spiro atoms. The van der Waals surface area contributed by atoms with E-state index in [0.29, 0.717) is 25.3 Å². The van der Waals surface area contributed by atoms with Crippen molar-refractivity contribution in [2.45, 2.75) is 30.3 Å². The number of hydrogen-bond acceptors (Lipinski definition) is 6. The third kappa shape index (κ3) is 5.40. The van der Waals surface area contributed by atoms with Gasteiger partial charge in [-0.2, -0.15) is 0 Å². The van der Waals surface area contributed by atoms with E-state index in [2.05, 4.69) is 5.32 Å². The fraction of sp³-hybridized carbons (Fsp3) is 0.381. The van der Waals surface area contributed by atoms with Crippen molar-refractivity contribution in [2.24, 2.45) is 0 Å². The number of aliphatic hydroxyl groups is 1. The SMILES string of the molecule is COc1ccc(CC(O)([PH+]=O)[C@@H]2CN[C@H](Cc3cccc(C(=O)O)c3)CO2)cc1. The topological polar surface area (TPSA) is 105 Å². The van der Waals surface area contributed by atoms with Gasteiger partial charge >= 0.3 is 14.4 Å². The van der Waals surface area contributed by atoms with Gasteiger partial charge in [0.1, 0.15) is 11.9 Å². The van der Waals surface area contributed by atoms with Crippen molar-refractivity contribution in [3.8, 4) is 5.75 Å². The highest BCUT2D eigenvalue weighted by molar-refractivity contribution is 7.25. The van der Waals surface area contributed by atoms with Crippen LogP contribution in [0.25, 0.3) is 0 Å². The zero-order valence-electron chi connectivity index (χ0n) is 16.1. The summed E-state index contributed by atoms with van der Waals surface area (Å²) in [7, 11) is 0.644. The minimum Gasteiger partial charge on any atom is -0.497 e. The lowest BCUT2D eigenvalue weighted by Gasteiger charge is -2.34. The van der Waals surface area contributed by atoms with E-state index >= 15 is 0 Å². The second-order valence-electron chi connectivity index (χ2n) is 7.19. The Morgan fingerprint density at radius 2 is 2.03 bits per heavy atom. The van der Waals surface area contributed by atoms with Crippen LogP contribution in [0, 0.1) is 0 Å². The Morgan fingerprint density at radius 1 is 1.28 bits per heavy atom. The summed E-state index contributed by atoms with van der Waals surface area (Å²) >= 11 is 0. The first-order valence-electron chi connectivity index (χ1n) is 9.35. The highest BCUT2D eigenvalue weighted by Crippen LogP contribution is 2.32. The number of morpholine rings is 1. The van der Waals surface area contributed by atoms with Crippen LogP contribution >= 0.6 is 8.46 Å². The van der Waals surface area contributed by atoms with Crippen LogP contribution in [0.5, 0.6) is 5.75 Å². The maximum absolute atomic E-state index is 11.8. The predicted octanol–water partition coefficient (Wildman–Crippen LogP) is 2.25. The van der Waals surface area contributed by atoms with Gasteiger partial charge in [-0.05, 0) is 41.8 Å². The number of carbonyl (C=O) groups is 1. The summed E-state index contributed by atoms with van der Waals surface area (Å²) in [5, 5.41) is 21.9. The molecule has 3 rings (SSSR count). The monoisotopic (exact) mass is 418 g/mol. The quantitative estimate of drug-likeness (QED) is 0.565. The largest absolute Gasteiger partial charge is 0.497 e. The van der Waals surface area contributed by atoms with Crippen LogP contribution in [0.2, 0.25) is 0 Å². The smallest absolute Gasteiger partial charge is 0.362 e. The van der Waals surface area contributed by atoms with E-state index < -0.39 is 25.9 Å². The van der Waals surface area contributed by atoms with Gasteiger partial charge in [-0.25, -0.2) is 4.79 Å². The van der Waals surface area contributed by atoms with Gasteiger partial charge in [0.25, 0.3) is 5.34 Å². The van der Waals surface area contributed by atoms with Crippen molar-refractivity contribution in [3.05, 3.63) is 65.2 Å². The standard InChI is InChI=1S/C21H24NO6P/c1-27-18-7-5-14(6-8-18)11-21(25,29-26)19-12-22-17(13-28-19)10-15-3-2-4-16(9-15)20(23)24/h2-9,17,19,22,25H,10-13H2,1H3,(H,23,24)/p+1/t17-,19+,21?/m1/s1. The lowest BCUT2D eigenvalue weighted by atomic mass is 9.99. The molecule has 7 nitrogen and oxygen atoms in total. The van der Waals surface area contributed by atoms with Crippen LogP contribution in [0.4, 0.5) is 0 Å². The van der Waals surface area contributed by atoms with E-state index in [1.807, 2.05) is 18.2 Å². The van der Waals surface area contributed by atoms with Crippen molar-refractivity contribution in [1.82, 2.24) is 5.32 Å². The van der Waals surface area contributed by atoms with Crippen molar-refractivity contribution in [3.63, 3.8) is 0 Å². The average Bonchev–Trinajstić information content (AvgIpc) is 2.75. The number of carboxylic acids is 1. The van der Waals surface area contributed by atoms with Gasteiger partial charge in [-0.15, -0.1) is 0 Å². The predicted molar refractivity (Wildman–Crippen MR) is 109 cm³/mol. The molecular weight excluding hydrogens is 393 g/mol. The lowest BCUT2D eigenvalue weighted by Crippen LogP contribution is -2.55. The van der Waals surface area contributed by atoms with Crippen LogP contribution in [0.1, 0.15) is 21.5 Å². The van der Waals surface area contributed by atoms with Gasteiger partial charge in [-0.3, -0.25) is 0 Å². The van der Waals surface area contributed by atoms with E-state index in [0.717, 1.165) is 11.1 Å². The van der Waals surface area contributed by atoms with Crippen molar-refractivity contribution < 1.29 is 29.0 Å². The number of nitrogens with one attached hydrogen (secondary N) is 1. The fourth-order valence-electron chi connectivity index (χ4n) is 3.45. The molecule has 3 N–H and O–H groups in total. The summed E-state index contributed by atoms with van der Waals surface area (Å²) in [6, 6.07) is 14.0. The molecule has 0 saturated carbocycles. The van der Waals surface area contributed by atoms with Crippen molar-refractivity contribution >= 4 is 14.4 Å². The Bertz CT molecular complexity index is 851. The molecule has 29 heavy (non-hydrogen) atoms. The zero-order valence-corrected chi connectivity index (χ0v) is 17.1. The zero-order chi connectivity index (χ0) is 20.9. The fourth-order valence-corrected chi connectivity index (χ4v) is 4.04. The summed E-state index contributed by atoms with van der Waals surface area (Å²) < 4.78 is 22.8. The van der Waals surface area contributed by atoms with E-state index in [-0.39, 0.29) is 18.0 Å². The molecule has 8 heteroatoms. The lowest BCUT2D eigenvalue weighted by molar-refractivity contribution is -0.0845. The van der Waals surface area contributed by atoms with Crippen LogP contribution in [0.15, 0.2) is 48.5 Å². The van der Waals surface area contributed by atoms with E-state index in [4.69, 9.17) is 14.6 Å². The molecule has 2 aromatic rings. The van der Waals surface area contributed by atoms with Gasteiger partial charge in [0.2, 0.25) is 0 Å². The number of hydrogen-bond donors (Lipinski definition) is 3. The maximum atomic E-state index is 11.8. The minimum absolute atomic E-state index is 0.0180. The molecule has 1 heterocycles. The molecule has 0 amide bonds. The van der Waals surface area contributed by atoms with Crippen LogP contribution in [0.3, 0.4) is 0 Å². The van der Waals surface area contributed by atoms with Crippen LogP contribution in [-0.4, -0.2) is 53.9 Å². The second kappa shape index (κ2) is 9.46. The van der Waals surface area contributed by atoms with E-state index in [9.17, 15) is 14.5 Å². The molecule has 0 radical (unpaired) electrons. The molecule has 1 saturated heterocycles. The highest BCUT2D eigenvalue weighted by Gasteiger charge is 2.47. The second-order valence-corrected chi connectivity index (χ2v) is 8.26. The normalized spacial score (nSPS) is 21.4. The van der Waals surface area contributed by atoms with E-state index in [1.165, 1.54) is 0 Å². The Balaban J connectivity index is 1.59. The summed E-state index contributed by atoms with van der Waals surface area (Å²) in [4.78, 5) is 11.1. The summed E-state index contributed by atoms with van der Waals surface area (Å²) in [6.07, 6.45) is 0.197. The summed E-state index contributed by atoms with van der Waals surface area (Å²) in [6.45, 7) is 0.683. The molecule has 0 bridgehead atoms. The Kier molecular flexibility index (Phi) is 6.98. The van der Waals surface area contributed by atoms with Crippen LogP contribution < -0.4 is 10.1 Å². The number of rotatable bonds is 8. The third-order valence-corrected chi connectivity index (χ3v) is 5.94. The Morgan fingerprint density at radius 3 is 2.62 bits per heavy atom. The first-order valence-corrected chi connectivity index (χ1v) is 10.3. The number of carboxylic acid groups (broad SMARTS) is 1. The van der Waals surface area contributed by atoms with Crippen molar-refractivity contribution in [1.29, 1.82) is 0 Å². The third-order valence-electron chi connectivity index (χ3n) is 5.09. The molecule has 0 aliphatic carbocycles. The molecule has 2 aromatic carbocycles. The minimum atomic E-state index is -1.49. The number of aromatic carboxylic acids is 1. The van der Waals surface area contributed by atoms with Gasteiger partial charge in [0.15, 0.2) is 0 Å².